The minimum atomic E-state index is 0.0787. The summed E-state index contributed by atoms with van der Waals surface area (Å²) in [6.07, 6.45) is 0.133. The number of hydrogen-bond acceptors (Lipinski definition) is 2. The highest BCUT2D eigenvalue weighted by molar-refractivity contribution is 5.83. The molecule has 0 fully saturated rings. The SMILES string of the molecule is CCOC(C(NC)c1ccc2ccccc2c1)C(C)(C)C. The van der Waals surface area contributed by atoms with Crippen molar-refractivity contribution in [3.05, 3.63) is 48.0 Å². The second kappa shape index (κ2) is 6.59. The van der Waals surface area contributed by atoms with Gasteiger partial charge in [0.15, 0.2) is 0 Å². The van der Waals surface area contributed by atoms with Gasteiger partial charge in [0.2, 0.25) is 0 Å². The van der Waals surface area contributed by atoms with Gasteiger partial charge in [-0.3, -0.25) is 0 Å². The first-order valence-electron chi connectivity index (χ1n) is 7.75. The van der Waals surface area contributed by atoms with Crippen molar-refractivity contribution >= 4 is 10.8 Å². The van der Waals surface area contributed by atoms with Crippen molar-refractivity contribution in [1.29, 1.82) is 0 Å². The first kappa shape index (κ1) is 16.0. The Bertz CT molecular complexity index is 585. The normalized spacial score (nSPS) is 15.1. The van der Waals surface area contributed by atoms with Gasteiger partial charge in [0.1, 0.15) is 0 Å². The average Bonchev–Trinajstić information content (AvgIpc) is 2.46. The Hall–Kier alpha value is -1.38. The minimum Gasteiger partial charge on any atom is -0.376 e. The van der Waals surface area contributed by atoms with Gasteiger partial charge in [0, 0.05) is 6.61 Å². The van der Waals surface area contributed by atoms with E-state index in [1.807, 2.05) is 7.05 Å². The highest BCUT2D eigenvalue weighted by Gasteiger charge is 2.33. The number of benzene rings is 2. The monoisotopic (exact) mass is 285 g/mol. The first-order valence-corrected chi connectivity index (χ1v) is 7.75. The lowest BCUT2D eigenvalue weighted by atomic mass is 9.81. The Morgan fingerprint density at radius 3 is 2.29 bits per heavy atom. The molecule has 114 valence electrons. The number of likely N-dealkylation sites (N-methyl/N-ethyl adjacent to an activating group) is 1. The molecule has 2 aromatic carbocycles. The summed E-state index contributed by atoms with van der Waals surface area (Å²) in [5.41, 5.74) is 1.36. The van der Waals surface area contributed by atoms with Crippen molar-refractivity contribution in [3.63, 3.8) is 0 Å². The average molecular weight is 285 g/mol. The molecule has 0 bridgehead atoms. The van der Waals surface area contributed by atoms with Crippen LogP contribution in [0.5, 0.6) is 0 Å². The molecule has 0 aromatic heterocycles. The number of nitrogens with one attached hydrogen (secondary N) is 1. The second-order valence-corrected chi connectivity index (χ2v) is 6.61. The molecule has 0 aliphatic rings. The quantitative estimate of drug-likeness (QED) is 0.870. The van der Waals surface area contributed by atoms with E-state index in [2.05, 4.69) is 75.5 Å². The third-order valence-corrected chi connectivity index (χ3v) is 3.95. The zero-order valence-corrected chi connectivity index (χ0v) is 13.8. The summed E-state index contributed by atoms with van der Waals surface area (Å²) in [5, 5.41) is 6.00. The van der Waals surface area contributed by atoms with E-state index in [1.54, 1.807) is 0 Å². The molecule has 0 spiro atoms. The van der Waals surface area contributed by atoms with Crippen LogP contribution in [0.15, 0.2) is 42.5 Å². The molecule has 2 heteroatoms. The van der Waals surface area contributed by atoms with E-state index in [4.69, 9.17) is 4.74 Å². The predicted molar refractivity (Wildman–Crippen MR) is 90.6 cm³/mol. The molecule has 21 heavy (non-hydrogen) atoms. The van der Waals surface area contributed by atoms with Gasteiger partial charge in [-0.2, -0.15) is 0 Å². The van der Waals surface area contributed by atoms with Crippen LogP contribution in [0, 0.1) is 5.41 Å². The molecular weight excluding hydrogens is 258 g/mol. The van der Waals surface area contributed by atoms with Gasteiger partial charge in [-0.15, -0.1) is 0 Å². The summed E-state index contributed by atoms with van der Waals surface area (Å²) >= 11 is 0. The summed E-state index contributed by atoms with van der Waals surface area (Å²) in [6, 6.07) is 15.3. The van der Waals surface area contributed by atoms with E-state index in [9.17, 15) is 0 Å². The lowest BCUT2D eigenvalue weighted by molar-refractivity contribution is -0.0350. The van der Waals surface area contributed by atoms with Crippen molar-refractivity contribution < 1.29 is 4.74 Å². The van der Waals surface area contributed by atoms with Crippen LogP contribution >= 0.6 is 0 Å². The van der Waals surface area contributed by atoms with E-state index < -0.39 is 0 Å². The van der Waals surface area contributed by atoms with Crippen LogP contribution in [0.1, 0.15) is 39.3 Å². The maximum absolute atomic E-state index is 6.06. The lowest BCUT2D eigenvalue weighted by Gasteiger charge is -2.37. The van der Waals surface area contributed by atoms with Crippen LogP contribution in [0.3, 0.4) is 0 Å². The maximum Gasteiger partial charge on any atom is 0.0817 e. The number of hydrogen-bond donors (Lipinski definition) is 1. The topological polar surface area (TPSA) is 21.3 Å². The highest BCUT2D eigenvalue weighted by Crippen LogP contribution is 2.33. The maximum atomic E-state index is 6.06. The van der Waals surface area contributed by atoms with Gasteiger partial charge in [0.05, 0.1) is 12.1 Å². The summed E-state index contributed by atoms with van der Waals surface area (Å²) < 4.78 is 6.06. The molecular formula is C19H27NO. The number of ether oxygens (including phenoxy) is 1. The van der Waals surface area contributed by atoms with Crippen LogP contribution < -0.4 is 5.32 Å². The van der Waals surface area contributed by atoms with Crippen LogP contribution in [-0.2, 0) is 4.74 Å². The summed E-state index contributed by atoms with van der Waals surface area (Å²) in [5.74, 6) is 0. The summed E-state index contributed by atoms with van der Waals surface area (Å²) in [4.78, 5) is 0. The van der Waals surface area contributed by atoms with Crippen LogP contribution in [0.4, 0.5) is 0 Å². The fourth-order valence-corrected chi connectivity index (χ4v) is 2.92. The van der Waals surface area contributed by atoms with Gasteiger partial charge in [-0.25, -0.2) is 0 Å². The van der Waals surface area contributed by atoms with Crippen LogP contribution in [-0.4, -0.2) is 19.8 Å². The molecule has 1 N–H and O–H groups in total. The van der Waals surface area contributed by atoms with Crippen molar-refractivity contribution in [2.75, 3.05) is 13.7 Å². The molecule has 0 heterocycles. The van der Waals surface area contributed by atoms with E-state index in [-0.39, 0.29) is 17.6 Å². The molecule has 2 rings (SSSR count). The van der Waals surface area contributed by atoms with E-state index >= 15 is 0 Å². The van der Waals surface area contributed by atoms with Gasteiger partial charge in [0.25, 0.3) is 0 Å². The highest BCUT2D eigenvalue weighted by atomic mass is 16.5. The van der Waals surface area contributed by atoms with Crippen molar-refractivity contribution in [3.8, 4) is 0 Å². The standard InChI is InChI=1S/C19H27NO/c1-6-21-18(19(2,3)4)17(20-5)16-12-11-14-9-7-8-10-15(14)13-16/h7-13,17-18,20H,6H2,1-5H3. The van der Waals surface area contributed by atoms with E-state index in [0.717, 1.165) is 6.61 Å². The van der Waals surface area contributed by atoms with Crippen LogP contribution in [0.2, 0.25) is 0 Å². The molecule has 0 amide bonds. The third-order valence-electron chi connectivity index (χ3n) is 3.95. The van der Waals surface area contributed by atoms with Gasteiger partial charge in [-0.1, -0.05) is 57.2 Å². The fourth-order valence-electron chi connectivity index (χ4n) is 2.92. The fraction of sp³-hybridized carbons (Fsp3) is 0.474. The Morgan fingerprint density at radius 2 is 1.71 bits per heavy atom. The van der Waals surface area contributed by atoms with Crippen molar-refractivity contribution in [1.82, 2.24) is 5.32 Å². The predicted octanol–water partition coefficient (Wildman–Crippen LogP) is 4.55. The Morgan fingerprint density at radius 1 is 1.05 bits per heavy atom. The van der Waals surface area contributed by atoms with Crippen molar-refractivity contribution in [2.24, 2.45) is 5.41 Å². The molecule has 0 saturated carbocycles. The number of fused-ring (bicyclic) bond motifs is 1. The Kier molecular flexibility index (Phi) is 5.02. The Balaban J connectivity index is 2.41. The van der Waals surface area contributed by atoms with Crippen LogP contribution in [0.25, 0.3) is 10.8 Å². The zero-order valence-electron chi connectivity index (χ0n) is 13.8. The van der Waals surface area contributed by atoms with Gasteiger partial charge in [-0.05, 0) is 41.8 Å². The van der Waals surface area contributed by atoms with E-state index in [0.29, 0.717) is 0 Å². The Labute approximate surface area is 128 Å². The third kappa shape index (κ3) is 3.63. The van der Waals surface area contributed by atoms with Gasteiger partial charge >= 0.3 is 0 Å². The molecule has 0 aliphatic heterocycles. The number of rotatable bonds is 5. The molecule has 2 nitrogen and oxygen atoms in total. The zero-order chi connectivity index (χ0) is 15.5. The van der Waals surface area contributed by atoms with Crippen molar-refractivity contribution in [2.45, 2.75) is 39.8 Å². The molecule has 0 radical (unpaired) electrons. The smallest absolute Gasteiger partial charge is 0.0817 e. The second-order valence-electron chi connectivity index (χ2n) is 6.61. The molecule has 0 saturated heterocycles. The van der Waals surface area contributed by atoms with Gasteiger partial charge < -0.3 is 10.1 Å². The minimum absolute atomic E-state index is 0.0787. The molecule has 0 aliphatic carbocycles. The lowest BCUT2D eigenvalue weighted by Crippen LogP contribution is -2.41. The largest absolute Gasteiger partial charge is 0.376 e. The summed E-state index contributed by atoms with van der Waals surface area (Å²) in [7, 11) is 2.01. The molecule has 2 aromatic rings. The summed E-state index contributed by atoms with van der Waals surface area (Å²) in [6.45, 7) is 9.50. The molecule has 2 atom stereocenters. The molecule has 2 unspecified atom stereocenters. The first-order chi connectivity index (χ1) is 9.97. The van der Waals surface area contributed by atoms with E-state index in [1.165, 1.54) is 16.3 Å².